The Morgan fingerprint density at radius 2 is 1.95 bits per heavy atom. The van der Waals surface area contributed by atoms with E-state index in [9.17, 15) is 4.79 Å². The molecule has 0 saturated carbocycles. The molecule has 0 aliphatic heterocycles. The summed E-state index contributed by atoms with van der Waals surface area (Å²) >= 11 is 9.31. The maximum absolute atomic E-state index is 11.7. The van der Waals surface area contributed by atoms with Crippen molar-refractivity contribution in [2.45, 2.75) is 0 Å². The Morgan fingerprint density at radius 1 is 1.21 bits per heavy atom. The first kappa shape index (κ1) is 13.9. The van der Waals surface area contributed by atoms with Gasteiger partial charge in [-0.25, -0.2) is 0 Å². The number of benzene rings is 2. The van der Waals surface area contributed by atoms with Crippen LogP contribution in [0.3, 0.4) is 0 Å². The first-order valence-corrected chi connectivity index (χ1v) is 6.75. The second kappa shape index (κ2) is 6.59. The number of amides is 1. The number of hydrogen-bond donors (Lipinski definition) is 1. The van der Waals surface area contributed by atoms with Crippen LogP contribution < -0.4 is 10.1 Å². The quantitative estimate of drug-likeness (QED) is 0.909. The van der Waals surface area contributed by atoms with Crippen LogP contribution in [0.4, 0.5) is 5.69 Å². The van der Waals surface area contributed by atoms with Crippen LogP contribution >= 0.6 is 27.5 Å². The van der Waals surface area contributed by atoms with E-state index < -0.39 is 0 Å². The van der Waals surface area contributed by atoms with Crippen molar-refractivity contribution in [3.8, 4) is 5.75 Å². The third-order valence-electron chi connectivity index (χ3n) is 2.32. The van der Waals surface area contributed by atoms with Gasteiger partial charge in [0, 0.05) is 4.47 Å². The summed E-state index contributed by atoms with van der Waals surface area (Å²) in [6, 6.07) is 14.4. The summed E-state index contributed by atoms with van der Waals surface area (Å²) in [5.74, 6) is 0.396. The monoisotopic (exact) mass is 339 g/mol. The van der Waals surface area contributed by atoms with Crippen LogP contribution in [-0.4, -0.2) is 12.5 Å². The van der Waals surface area contributed by atoms with Crippen LogP contribution in [0.2, 0.25) is 5.02 Å². The molecule has 2 aromatic carbocycles. The third kappa shape index (κ3) is 4.26. The zero-order valence-electron chi connectivity index (χ0n) is 9.90. The third-order valence-corrected chi connectivity index (χ3v) is 3.12. The van der Waals surface area contributed by atoms with E-state index in [0.717, 1.165) is 4.47 Å². The normalized spacial score (nSPS) is 10.0. The van der Waals surface area contributed by atoms with Gasteiger partial charge in [-0.2, -0.15) is 0 Å². The van der Waals surface area contributed by atoms with Crippen molar-refractivity contribution in [3.63, 3.8) is 0 Å². The first-order chi connectivity index (χ1) is 9.15. The molecule has 0 saturated heterocycles. The van der Waals surface area contributed by atoms with Crippen molar-refractivity contribution < 1.29 is 9.53 Å². The molecule has 0 radical (unpaired) electrons. The molecule has 98 valence electrons. The molecule has 2 aromatic rings. The Balaban J connectivity index is 1.91. The van der Waals surface area contributed by atoms with Gasteiger partial charge in [0.05, 0.1) is 10.7 Å². The zero-order chi connectivity index (χ0) is 13.7. The fourth-order valence-corrected chi connectivity index (χ4v) is 2.16. The lowest BCUT2D eigenvalue weighted by Crippen LogP contribution is -2.20. The van der Waals surface area contributed by atoms with Gasteiger partial charge in [0.25, 0.3) is 5.91 Å². The number of halogens is 2. The molecule has 1 N–H and O–H groups in total. The van der Waals surface area contributed by atoms with Crippen molar-refractivity contribution in [1.29, 1.82) is 0 Å². The van der Waals surface area contributed by atoms with Gasteiger partial charge in [0.15, 0.2) is 6.61 Å². The van der Waals surface area contributed by atoms with Gasteiger partial charge in [0.1, 0.15) is 5.75 Å². The number of carbonyl (C=O) groups is 1. The molecule has 0 aliphatic rings. The van der Waals surface area contributed by atoms with E-state index in [-0.39, 0.29) is 12.5 Å². The Kier molecular flexibility index (Phi) is 4.82. The van der Waals surface area contributed by atoms with E-state index in [1.54, 1.807) is 30.3 Å². The summed E-state index contributed by atoms with van der Waals surface area (Å²) in [5.41, 5.74) is 0.562. The topological polar surface area (TPSA) is 38.3 Å². The summed E-state index contributed by atoms with van der Waals surface area (Å²) in [5, 5.41) is 3.17. The van der Waals surface area contributed by atoms with E-state index in [4.69, 9.17) is 16.3 Å². The molecular weight excluding hydrogens is 330 g/mol. The number of anilines is 1. The second-order valence-corrected chi connectivity index (χ2v) is 5.10. The zero-order valence-corrected chi connectivity index (χ0v) is 12.2. The summed E-state index contributed by atoms with van der Waals surface area (Å²) in [6.07, 6.45) is 0. The summed E-state index contributed by atoms with van der Waals surface area (Å²) in [7, 11) is 0. The standard InChI is InChI=1S/C14H11BrClNO2/c15-10-6-7-13(12(16)8-10)17-14(18)9-19-11-4-2-1-3-5-11/h1-8H,9H2,(H,17,18). The highest BCUT2D eigenvalue weighted by molar-refractivity contribution is 9.10. The van der Waals surface area contributed by atoms with Gasteiger partial charge in [-0.15, -0.1) is 0 Å². The van der Waals surface area contributed by atoms with Crippen molar-refractivity contribution in [3.05, 3.63) is 58.0 Å². The van der Waals surface area contributed by atoms with Gasteiger partial charge >= 0.3 is 0 Å². The highest BCUT2D eigenvalue weighted by Crippen LogP contribution is 2.25. The van der Waals surface area contributed by atoms with Gasteiger partial charge in [-0.3, -0.25) is 4.79 Å². The Morgan fingerprint density at radius 3 is 2.63 bits per heavy atom. The number of rotatable bonds is 4. The smallest absolute Gasteiger partial charge is 0.262 e. The van der Waals surface area contributed by atoms with Crippen molar-refractivity contribution in [1.82, 2.24) is 0 Å². The molecule has 0 atom stereocenters. The van der Waals surface area contributed by atoms with Crippen LogP contribution in [0.25, 0.3) is 0 Å². The molecule has 19 heavy (non-hydrogen) atoms. The van der Waals surface area contributed by atoms with Crippen molar-refractivity contribution in [2.24, 2.45) is 0 Å². The molecule has 5 heteroatoms. The molecule has 2 rings (SSSR count). The number of nitrogens with one attached hydrogen (secondary N) is 1. The maximum atomic E-state index is 11.7. The lowest BCUT2D eigenvalue weighted by Gasteiger charge is -2.08. The van der Waals surface area contributed by atoms with E-state index in [1.165, 1.54) is 0 Å². The van der Waals surface area contributed by atoms with E-state index >= 15 is 0 Å². The Labute approximate surface area is 124 Å². The molecule has 0 fully saturated rings. The molecule has 3 nitrogen and oxygen atoms in total. The number of para-hydroxylation sites is 1. The number of carbonyl (C=O) groups excluding carboxylic acids is 1. The van der Waals surface area contributed by atoms with E-state index in [0.29, 0.717) is 16.5 Å². The van der Waals surface area contributed by atoms with E-state index in [2.05, 4.69) is 21.2 Å². The molecule has 0 spiro atoms. The van der Waals surface area contributed by atoms with Crippen LogP contribution in [0, 0.1) is 0 Å². The van der Waals surface area contributed by atoms with E-state index in [1.807, 2.05) is 18.2 Å². The van der Waals surface area contributed by atoms with Crippen LogP contribution in [-0.2, 0) is 4.79 Å². The molecule has 0 bridgehead atoms. The van der Waals surface area contributed by atoms with Crippen LogP contribution in [0.5, 0.6) is 5.75 Å². The van der Waals surface area contributed by atoms with Crippen molar-refractivity contribution >= 4 is 39.1 Å². The largest absolute Gasteiger partial charge is 0.484 e. The second-order valence-electron chi connectivity index (χ2n) is 3.77. The molecule has 0 aromatic heterocycles. The van der Waals surface area contributed by atoms with Crippen LogP contribution in [0.15, 0.2) is 53.0 Å². The Hall–Kier alpha value is -1.52. The minimum atomic E-state index is -0.256. The molecule has 1 amide bonds. The predicted molar refractivity (Wildman–Crippen MR) is 79.7 cm³/mol. The molecule has 0 unspecified atom stereocenters. The highest BCUT2D eigenvalue weighted by Gasteiger charge is 2.07. The Bertz CT molecular complexity index is 575. The average molecular weight is 341 g/mol. The number of ether oxygens (including phenoxy) is 1. The number of hydrogen-bond acceptors (Lipinski definition) is 2. The van der Waals surface area contributed by atoms with Gasteiger partial charge < -0.3 is 10.1 Å². The molecular formula is C14H11BrClNO2. The van der Waals surface area contributed by atoms with Gasteiger partial charge in [-0.05, 0) is 30.3 Å². The maximum Gasteiger partial charge on any atom is 0.262 e. The van der Waals surface area contributed by atoms with Gasteiger partial charge in [0.2, 0.25) is 0 Å². The average Bonchev–Trinajstić information content (AvgIpc) is 2.41. The lowest BCUT2D eigenvalue weighted by molar-refractivity contribution is -0.118. The highest BCUT2D eigenvalue weighted by atomic mass is 79.9. The predicted octanol–water partition coefficient (Wildman–Crippen LogP) is 4.12. The fourth-order valence-electron chi connectivity index (χ4n) is 1.44. The minimum Gasteiger partial charge on any atom is -0.484 e. The summed E-state index contributed by atoms with van der Waals surface area (Å²) in [6.45, 7) is -0.0591. The van der Waals surface area contributed by atoms with Gasteiger partial charge in [-0.1, -0.05) is 45.7 Å². The SMILES string of the molecule is O=C(COc1ccccc1)Nc1ccc(Br)cc1Cl. The summed E-state index contributed by atoms with van der Waals surface area (Å²) < 4.78 is 6.20. The molecule has 0 aliphatic carbocycles. The minimum absolute atomic E-state index is 0.0591. The van der Waals surface area contributed by atoms with Crippen LogP contribution in [0.1, 0.15) is 0 Å². The fraction of sp³-hybridized carbons (Fsp3) is 0.0714. The molecule has 0 heterocycles. The first-order valence-electron chi connectivity index (χ1n) is 5.58. The summed E-state index contributed by atoms with van der Waals surface area (Å²) in [4.78, 5) is 11.7. The lowest BCUT2D eigenvalue weighted by atomic mass is 10.3. The van der Waals surface area contributed by atoms with Crippen molar-refractivity contribution in [2.75, 3.05) is 11.9 Å².